The molecule has 4 aliphatic rings. The second-order valence-electron chi connectivity index (χ2n) is 9.35. The minimum Gasteiger partial charge on any atom is -0.299 e. The Balaban J connectivity index is 1.81. The smallest absolute Gasteiger partial charge is 0.167 e. The van der Waals surface area contributed by atoms with Crippen molar-refractivity contribution in [3.05, 3.63) is 23.3 Å². The second kappa shape index (κ2) is 5.16. The van der Waals surface area contributed by atoms with E-state index in [0.717, 1.165) is 18.8 Å². The van der Waals surface area contributed by atoms with Crippen molar-refractivity contribution in [2.75, 3.05) is 0 Å². The number of carbonyl (C=O) groups excluding carboxylic acids is 2. The van der Waals surface area contributed by atoms with Crippen LogP contribution in [0.2, 0.25) is 0 Å². The molecule has 0 aromatic carbocycles. The molecule has 4 aliphatic carbocycles. The third-order valence-corrected chi connectivity index (χ3v) is 8.07. The highest BCUT2D eigenvalue weighted by atomic mass is 16.1. The van der Waals surface area contributed by atoms with E-state index in [4.69, 9.17) is 0 Å². The van der Waals surface area contributed by atoms with Crippen molar-refractivity contribution in [2.24, 2.45) is 34.5 Å². The lowest BCUT2D eigenvalue weighted by Gasteiger charge is -2.57. The lowest BCUT2D eigenvalue weighted by molar-refractivity contribution is -0.132. The van der Waals surface area contributed by atoms with E-state index in [1.807, 2.05) is 6.08 Å². The Morgan fingerprint density at radius 3 is 2.62 bits per heavy atom. The Morgan fingerprint density at radius 2 is 1.92 bits per heavy atom. The highest BCUT2D eigenvalue weighted by molar-refractivity contribution is 6.11. The first-order valence-corrected chi connectivity index (χ1v) is 9.77. The molecule has 2 heteroatoms. The summed E-state index contributed by atoms with van der Waals surface area (Å²) < 4.78 is 0. The molecule has 2 saturated carbocycles. The summed E-state index contributed by atoms with van der Waals surface area (Å²) >= 11 is 0. The zero-order valence-corrected chi connectivity index (χ0v) is 15.5. The van der Waals surface area contributed by atoms with E-state index >= 15 is 0 Å². The van der Waals surface area contributed by atoms with Gasteiger partial charge in [-0.2, -0.15) is 0 Å². The summed E-state index contributed by atoms with van der Waals surface area (Å²) in [5.41, 5.74) is 2.75. The van der Waals surface area contributed by atoms with Crippen LogP contribution in [0, 0.1) is 34.5 Å². The van der Waals surface area contributed by atoms with E-state index in [-0.39, 0.29) is 17.0 Å². The number of fused-ring (bicyclic) bond motifs is 5. The largest absolute Gasteiger partial charge is 0.299 e. The van der Waals surface area contributed by atoms with Crippen LogP contribution < -0.4 is 0 Å². The van der Waals surface area contributed by atoms with E-state index < -0.39 is 5.92 Å². The van der Waals surface area contributed by atoms with Crippen molar-refractivity contribution in [3.8, 4) is 0 Å². The van der Waals surface area contributed by atoms with Crippen LogP contribution in [-0.4, -0.2) is 11.6 Å². The summed E-state index contributed by atoms with van der Waals surface area (Å²) in [6, 6.07) is 0. The molecule has 0 aromatic rings. The number of carbonyl (C=O) groups is 2. The molecule has 2 nitrogen and oxygen atoms in total. The molecule has 0 aromatic heterocycles. The van der Waals surface area contributed by atoms with Crippen molar-refractivity contribution in [3.63, 3.8) is 0 Å². The van der Waals surface area contributed by atoms with Gasteiger partial charge in [0.15, 0.2) is 5.78 Å². The highest BCUT2D eigenvalue weighted by Crippen LogP contribution is 2.64. The summed E-state index contributed by atoms with van der Waals surface area (Å²) in [4.78, 5) is 24.7. The van der Waals surface area contributed by atoms with Gasteiger partial charge in [-0.3, -0.25) is 9.59 Å². The van der Waals surface area contributed by atoms with Gasteiger partial charge < -0.3 is 0 Å². The Labute approximate surface area is 145 Å². The average molecular weight is 326 g/mol. The van der Waals surface area contributed by atoms with Crippen LogP contribution in [0.25, 0.3) is 0 Å². The van der Waals surface area contributed by atoms with Crippen molar-refractivity contribution < 1.29 is 9.59 Å². The summed E-state index contributed by atoms with van der Waals surface area (Å²) in [6.07, 6.45) is 11.8. The molecule has 0 bridgehead atoms. The predicted octanol–water partition coefficient (Wildman–Crippen LogP) is 4.89. The van der Waals surface area contributed by atoms with Gasteiger partial charge in [-0.25, -0.2) is 0 Å². The molecule has 0 heterocycles. The lowest BCUT2D eigenvalue weighted by Crippen LogP contribution is -2.49. The lowest BCUT2D eigenvalue weighted by atomic mass is 9.47. The quantitative estimate of drug-likeness (QED) is 0.643. The number of ketones is 2. The van der Waals surface area contributed by atoms with Crippen LogP contribution in [-0.2, 0) is 9.59 Å². The molecule has 6 atom stereocenters. The maximum Gasteiger partial charge on any atom is 0.167 e. The first kappa shape index (κ1) is 16.3. The van der Waals surface area contributed by atoms with Crippen LogP contribution in [0.1, 0.15) is 66.2 Å². The van der Waals surface area contributed by atoms with Gasteiger partial charge in [-0.1, -0.05) is 39.7 Å². The Morgan fingerprint density at radius 1 is 1.17 bits per heavy atom. The Hall–Kier alpha value is -1.18. The summed E-state index contributed by atoms with van der Waals surface area (Å²) in [5.74, 6) is 1.59. The zero-order chi connectivity index (χ0) is 17.3. The standard InChI is InChI=1S/C22H30O2/c1-13-11-15-17(21(3)9-6-5-7-16(13)21)8-10-22(4)18(15)12-19(24)20(22)14(2)23/h11-13,16-17,20H,5-10H2,1-4H3/t13-,16?,17-,20-,21-,22-/m0/s1. The molecule has 0 spiro atoms. The van der Waals surface area contributed by atoms with Crippen molar-refractivity contribution in [1.29, 1.82) is 0 Å². The zero-order valence-electron chi connectivity index (χ0n) is 15.5. The van der Waals surface area contributed by atoms with Gasteiger partial charge in [0, 0.05) is 5.41 Å². The van der Waals surface area contributed by atoms with Crippen LogP contribution in [0.4, 0.5) is 0 Å². The highest BCUT2D eigenvalue weighted by Gasteiger charge is 2.58. The molecule has 24 heavy (non-hydrogen) atoms. The van der Waals surface area contributed by atoms with Crippen molar-refractivity contribution >= 4 is 11.6 Å². The average Bonchev–Trinajstić information content (AvgIpc) is 2.78. The Kier molecular flexibility index (Phi) is 3.50. The third-order valence-electron chi connectivity index (χ3n) is 8.07. The van der Waals surface area contributed by atoms with Gasteiger partial charge in [0.2, 0.25) is 0 Å². The first-order valence-electron chi connectivity index (χ1n) is 9.77. The van der Waals surface area contributed by atoms with Crippen LogP contribution in [0.5, 0.6) is 0 Å². The number of rotatable bonds is 1. The van der Waals surface area contributed by atoms with Crippen molar-refractivity contribution in [2.45, 2.75) is 66.2 Å². The van der Waals surface area contributed by atoms with E-state index in [1.165, 1.54) is 36.8 Å². The molecule has 0 amide bonds. The topological polar surface area (TPSA) is 34.1 Å². The van der Waals surface area contributed by atoms with Crippen LogP contribution in [0.15, 0.2) is 23.3 Å². The molecule has 0 aliphatic heterocycles. The fourth-order valence-electron chi connectivity index (χ4n) is 6.96. The molecule has 2 fully saturated rings. The molecule has 0 N–H and O–H groups in total. The molecular weight excluding hydrogens is 296 g/mol. The van der Waals surface area contributed by atoms with E-state index in [2.05, 4.69) is 26.8 Å². The summed E-state index contributed by atoms with van der Waals surface area (Å²) in [7, 11) is 0. The summed E-state index contributed by atoms with van der Waals surface area (Å²) in [5, 5.41) is 0. The number of Topliss-reactive ketones (excluding diaryl/α,β-unsaturated/α-hetero) is 1. The fraction of sp³-hybridized carbons (Fsp3) is 0.727. The molecule has 0 saturated heterocycles. The third kappa shape index (κ3) is 1.95. The van der Waals surface area contributed by atoms with Gasteiger partial charge in [0.05, 0.1) is 5.92 Å². The molecule has 4 rings (SSSR count). The minimum absolute atomic E-state index is 0.0402. The summed E-state index contributed by atoms with van der Waals surface area (Å²) in [6.45, 7) is 8.62. The predicted molar refractivity (Wildman–Crippen MR) is 95.4 cm³/mol. The minimum atomic E-state index is -0.443. The SMILES string of the molecule is CC(=O)[C@H]1C(=O)C=C2C3=C[C@H](C)C4CCCC[C@]4(C)[C@H]3CC[C@@]21C. The maximum absolute atomic E-state index is 12.6. The molecular formula is C22H30O2. The molecule has 1 unspecified atom stereocenters. The second-order valence-corrected chi connectivity index (χ2v) is 9.35. The van der Waals surface area contributed by atoms with Gasteiger partial charge in [0.25, 0.3) is 0 Å². The number of hydrogen-bond acceptors (Lipinski definition) is 2. The molecule has 0 radical (unpaired) electrons. The Bertz CT molecular complexity index is 669. The first-order chi connectivity index (χ1) is 11.3. The van der Waals surface area contributed by atoms with E-state index in [9.17, 15) is 9.59 Å². The normalized spacial score (nSPS) is 47.2. The van der Waals surface area contributed by atoms with Gasteiger partial charge >= 0.3 is 0 Å². The van der Waals surface area contributed by atoms with Gasteiger partial charge in [-0.15, -0.1) is 0 Å². The van der Waals surface area contributed by atoms with Crippen LogP contribution >= 0.6 is 0 Å². The van der Waals surface area contributed by atoms with Crippen LogP contribution in [0.3, 0.4) is 0 Å². The number of allylic oxidation sites excluding steroid dienone is 4. The fourth-order valence-corrected chi connectivity index (χ4v) is 6.96. The van der Waals surface area contributed by atoms with Gasteiger partial charge in [0.1, 0.15) is 5.78 Å². The van der Waals surface area contributed by atoms with Gasteiger partial charge in [-0.05, 0) is 73.0 Å². The van der Waals surface area contributed by atoms with E-state index in [1.54, 1.807) is 6.92 Å². The maximum atomic E-state index is 12.6. The van der Waals surface area contributed by atoms with E-state index in [0.29, 0.717) is 17.3 Å². The van der Waals surface area contributed by atoms with Crippen molar-refractivity contribution in [1.82, 2.24) is 0 Å². The number of hydrogen-bond donors (Lipinski definition) is 0. The molecule has 130 valence electrons. The monoisotopic (exact) mass is 326 g/mol.